The molecular weight excluding hydrogens is 190 g/mol. The molecular formula is C8H6BrN. The first kappa shape index (κ1) is 7.30. The minimum atomic E-state index is 0.686. The fraction of sp³-hybridized carbons (Fsp3) is 0.125. The molecule has 0 fully saturated rings. The highest BCUT2D eigenvalue weighted by Gasteiger charge is 1.95. The second-order valence-corrected chi connectivity index (χ2v) is 2.95. The second-order valence-electron chi connectivity index (χ2n) is 2.10. The van der Waals surface area contributed by atoms with Crippen molar-refractivity contribution >= 4 is 15.9 Å². The van der Waals surface area contributed by atoms with E-state index in [1.54, 1.807) is 6.07 Å². The molecule has 0 aliphatic heterocycles. The Balaban J connectivity index is 3.23. The number of hydrogen-bond donors (Lipinski definition) is 0. The van der Waals surface area contributed by atoms with Gasteiger partial charge in [-0.3, -0.25) is 0 Å². The van der Waals surface area contributed by atoms with Gasteiger partial charge in [-0.15, -0.1) is 0 Å². The predicted molar refractivity (Wildman–Crippen MR) is 43.6 cm³/mol. The van der Waals surface area contributed by atoms with Crippen LogP contribution in [0.3, 0.4) is 0 Å². The lowest BCUT2D eigenvalue weighted by molar-refractivity contribution is 1.41. The number of nitriles is 1. The molecule has 0 saturated heterocycles. The monoisotopic (exact) mass is 195 g/mol. The molecule has 1 aromatic rings. The van der Waals surface area contributed by atoms with E-state index in [-0.39, 0.29) is 0 Å². The van der Waals surface area contributed by atoms with Crippen LogP contribution in [0.5, 0.6) is 0 Å². The van der Waals surface area contributed by atoms with Gasteiger partial charge in [0.15, 0.2) is 0 Å². The van der Waals surface area contributed by atoms with Crippen molar-refractivity contribution in [2.24, 2.45) is 0 Å². The Morgan fingerprint density at radius 3 is 2.70 bits per heavy atom. The van der Waals surface area contributed by atoms with Gasteiger partial charge in [0.2, 0.25) is 0 Å². The van der Waals surface area contributed by atoms with E-state index in [1.165, 1.54) is 0 Å². The van der Waals surface area contributed by atoms with Gasteiger partial charge in [-0.05, 0) is 40.5 Å². The Kier molecular flexibility index (Phi) is 2.08. The molecule has 1 nitrogen and oxygen atoms in total. The van der Waals surface area contributed by atoms with E-state index in [4.69, 9.17) is 5.26 Å². The van der Waals surface area contributed by atoms with Gasteiger partial charge >= 0.3 is 0 Å². The molecule has 0 spiro atoms. The summed E-state index contributed by atoms with van der Waals surface area (Å²) in [6, 6.07) is 7.73. The Morgan fingerprint density at radius 2 is 2.20 bits per heavy atom. The molecule has 0 heterocycles. The highest BCUT2D eigenvalue weighted by atomic mass is 79.9. The average Bonchev–Trinajstić information content (AvgIpc) is 1.88. The SMILES string of the molecule is Cc1ccc(C#N)c(Br)c1. The average molecular weight is 196 g/mol. The zero-order valence-corrected chi connectivity index (χ0v) is 7.14. The summed E-state index contributed by atoms with van der Waals surface area (Å²) in [7, 11) is 0. The van der Waals surface area contributed by atoms with Crippen LogP contribution in [0, 0.1) is 18.3 Å². The van der Waals surface area contributed by atoms with E-state index >= 15 is 0 Å². The minimum Gasteiger partial charge on any atom is -0.192 e. The first-order valence-corrected chi connectivity index (χ1v) is 3.69. The Labute approximate surface area is 68.4 Å². The Bertz CT molecular complexity index is 286. The third-order valence-corrected chi connectivity index (χ3v) is 1.90. The first-order chi connectivity index (χ1) is 4.74. The molecule has 1 aromatic carbocycles. The fourth-order valence-electron chi connectivity index (χ4n) is 0.711. The summed E-state index contributed by atoms with van der Waals surface area (Å²) in [6.45, 7) is 1.99. The van der Waals surface area contributed by atoms with Crippen molar-refractivity contribution in [3.05, 3.63) is 33.8 Å². The topological polar surface area (TPSA) is 23.8 Å². The van der Waals surface area contributed by atoms with Crippen LogP contribution in [0.4, 0.5) is 0 Å². The molecule has 0 aliphatic rings. The number of rotatable bonds is 0. The molecule has 0 amide bonds. The fourth-order valence-corrected chi connectivity index (χ4v) is 1.29. The zero-order chi connectivity index (χ0) is 7.56. The van der Waals surface area contributed by atoms with Crippen LogP contribution < -0.4 is 0 Å². The summed E-state index contributed by atoms with van der Waals surface area (Å²) < 4.78 is 0.870. The van der Waals surface area contributed by atoms with Crippen LogP contribution in [0.1, 0.15) is 11.1 Å². The zero-order valence-electron chi connectivity index (χ0n) is 5.56. The lowest BCUT2D eigenvalue weighted by atomic mass is 10.2. The van der Waals surface area contributed by atoms with Crippen LogP contribution in [0.25, 0.3) is 0 Å². The quantitative estimate of drug-likeness (QED) is 0.625. The molecule has 1 rings (SSSR count). The molecule has 0 aromatic heterocycles. The maximum Gasteiger partial charge on any atom is 0.100 e. The van der Waals surface area contributed by atoms with Crippen molar-refractivity contribution in [2.75, 3.05) is 0 Å². The first-order valence-electron chi connectivity index (χ1n) is 2.90. The van der Waals surface area contributed by atoms with Crippen molar-refractivity contribution in [2.45, 2.75) is 6.92 Å². The third kappa shape index (κ3) is 1.37. The summed E-state index contributed by atoms with van der Waals surface area (Å²) in [5.74, 6) is 0. The largest absolute Gasteiger partial charge is 0.192 e. The van der Waals surface area contributed by atoms with Crippen molar-refractivity contribution in [1.29, 1.82) is 5.26 Å². The van der Waals surface area contributed by atoms with Gasteiger partial charge < -0.3 is 0 Å². The van der Waals surface area contributed by atoms with Crippen LogP contribution in [-0.4, -0.2) is 0 Å². The number of benzene rings is 1. The molecule has 0 aliphatic carbocycles. The lowest BCUT2D eigenvalue weighted by Gasteiger charge is -1.94. The molecule has 2 heteroatoms. The highest BCUT2D eigenvalue weighted by Crippen LogP contribution is 2.16. The summed E-state index contributed by atoms with van der Waals surface area (Å²) in [5.41, 5.74) is 1.84. The highest BCUT2D eigenvalue weighted by molar-refractivity contribution is 9.10. The maximum absolute atomic E-state index is 8.53. The maximum atomic E-state index is 8.53. The van der Waals surface area contributed by atoms with Gasteiger partial charge in [0, 0.05) is 4.47 Å². The second kappa shape index (κ2) is 2.85. The van der Waals surface area contributed by atoms with Gasteiger partial charge in [-0.2, -0.15) is 5.26 Å². The molecule has 0 bridgehead atoms. The number of aryl methyl sites for hydroxylation is 1. The van der Waals surface area contributed by atoms with E-state index in [2.05, 4.69) is 22.0 Å². The Morgan fingerprint density at radius 1 is 1.50 bits per heavy atom. The lowest BCUT2D eigenvalue weighted by Crippen LogP contribution is -1.77. The van der Waals surface area contributed by atoms with Crippen molar-refractivity contribution in [1.82, 2.24) is 0 Å². The molecule has 0 atom stereocenters. The summed E-state index contributed by atoms with van der Waals surface area (Å²) in [5, 5.41) is 8.53. The van der Waals surface area contributed by atoms with E-state index in [0.29, 0.717) is 5.56 Å². The summed E-state index contributed by atoms with van der Waals surface area (Å²) in [6.07, 6.45) is 0. The minimum absolute atomic E-state index is 0.686. The van der Waals surface area contributed by atoms with Crippen molar-refractivity contribution in [3.8, 4) is 6.07 Å². The normalized spacial score (nSPS) is 8.90. The smallest absolute Gasteiger partial charge is 0.100 e. The molecule has 0 radical (unpaired) electrons. The van der Waals surface area contributed by atoms with E-state index in [1.807, 2.05) is 19.1 Å². The van der Waals surface area contributed by atoms with Gasteiger partial charge in [-0.25, -0.2) is 0 Å². The van der Waals surface area contributed by atoms with Gasteiger partial charge in [-0.1, -0.05) is 6.07 Å². The number of nitrogens with zero attached hydrogens (tertiary/aromatic N) is 1. The third-order valence-electron chi connectivity index (χ3n) is 1.25. The van der Waals surface area contributed by atoms with Gasteiger partial charge in [0.05, 0.1) is 5.56 Å². The van der Waals surface area contributed by atoms with E-state index in [0.717, 1.165) is 10.0 Å². The van der Waals surface area contributed by atoms with Crippen molar-refractivity contribution in [3.63, 3.8) is 0 Å². The Hall–Kier alpha value is -0.810. The predicted octanol–water partition coefficient (Wildman–Crippen LogP) is 2.63. The summed E-state index contributed by atoms with van der Waals surface area (Å²) in [4.78, 5) is 0. The molecule has 0 N–H and O–H groups in total. The van der Waals surface area contributed by atoms with Gasteiger partial charge in [0.1, 0.15) is 6.07 Å². The number of halogens is 1. The molecule has 0 unspecified atom stereocenters. The molecule has 50 valence electrons. The van der Waals surface area contributed by atoms with Crippen molar-refractivity contribution < 1.29 is 0 Å². The van der Waals surface area contributed by atoms with Crippen LogP contribution in [0.15, 0.2) is 22.7 Å². The van der Waals surface area contributed by atoms with E-state index in [9.17, 15) is 0 Å². The molecule has 0 saturated carbocycles. The van der Waals surface area contributed by atoms with E-state index < -0.39 is 0 Å². The van der Waals surface area contributed by atoms with Gasteiger partial charge in [0.25, 0.3) is 0 Å². The number of hydrogen-bond acceptors (Lipinski definition) is 1. The van der Waals surface area contributed by atoms with Crippen LogP contribution in [0.2, 0.25) is 0 Å². The molecule has 10 heavy (non-hydrogen) atoms. The summed E-state index contributed by atoms with van der Waals surface area (Å²) >= 11 is 3.28. The van der Waals surface area contributed by atoms with Crippen LogP contribution in [-0.2, 0) is 0 Å². The standard InChI is InChI=1S/C8H6BrN/c1-6-2-3-7(5-10)8(9)4-6/h2-4H,1H3. The van der Waals surface area contributed by atoms with Crippen LogP contribution >= 0.6 is 15.9 Å².